The summed E-state index contributed by atoms with van der Waals surface area (Å²) < 4.78 is 23.8. The minimum absolute atomic E-state index is 0.140. The van der Waals surface area contributed by atoms with Crippen molar-refractivity contribution in [2.75, 3.05) is 46.8 Å². The maximum absolute atomic E-state index is 12.6. The van der Waals surface area contributed by atoms with Gasteiger partial charge in [-0.2, -0.15) is 4.98 Å². The monoisotopic (exact) mass is 522 g/mol. The van der Waals surface area contributed by atoms with Crippen LogP contribution in [0.15, 0.2) is 46.0 Å². The molecule has 202 valence electrons. The van der Waals surface area contributed by atoms with Crippen molar-refractivity contribution < 1.29 is 18.9 Å². The Kier molecular flexibility index (Phi) is 9.58. The molecule has 4 rings (SSSR count). The number of fused-ring (bicyclic) bond motifs is 2. The molecule has 0 amide bonds. The van der Waals surface area contributed by atoms with E-state index in [9.17, 15) is 9.59 Å². The van der Waals surface area contributed by atoms with E-state index in [0.717, 1.165) is 23.9 Å². The molecule has 2 heterocycles. The van der Waals surface area contributed by atoms with E-state index in [4.69, 9.17) is 18.9 Å². The fourth-order valence-electron chi connectivity index (χ4n) is 4.18. The van der Waals surface area contributed by atoms with E-state index in [1.807, 2.05) is 23.6 Å². The highest BCUT2D eigenvalue weighted by Crippen LogP contribution is 2.28. The highest BCUT2D eigenvalue weighted by molar-refractivity contribution is 5.82. The Bertz CT molecular complexity index is 1430. The van der Waals surface area contributed by atoms with Crippen LogP contribution in [-0.4, -0.2) is 66.3 Å². The Morgan fingerprint density at radius 3 is 2.34 bits per heavy atom. The number of aryl methyl sites for hydroxylation is 4. The maximum atomic E-state index is 12.6. The molecule has 0 atom stereocenters. The molecular weight excluding hydrogens is 488 g/mol. The van der Waals surface area contributed by atoms with Crippen LogP contribution in [0.5, 0.6) is 5.75 Å². The minimum atomic E-state index is -0.692. The van der Waals surface area contributed by atoms with Crippen molar-refractivity contribution in [2.45, 2.75) is 33.2 Å². The Morgan fingerprint density at radius 2 is 1.61 bits per heavy atom. The number of nitrogens with zero attached hydrogens (tertiary/aromatic N) is 3. The van der Waals surface area contributed by atoms with E-state index in [1.54, 1.807) is 7.11 Å². The second kappa shape index (κ2) is 13.3. The zero-order valence-electron chi connectivity index (χ0n) is 22.1. The Labute approximate surface area is 220 Å². The molecule has 2 aliphatic heterocycles. The molecular formula is C28H34N4O6. The number of hydrogen-bond acceptors (Lipinski definition) is 8. The van der Waals surface area contributed by atoms with Gasteiger partial charge in [0.1, 0.15) is 12.4 Å². The summed E-state index contributed by atoms with van der Waals surface area (Å²) in [5, 5.41) is 0. The van der Waals surface area contributed by atoms with Crippen molar-refractivity contribution in [3.05, 3.63) is 73.9 Å². The number of H-pyrrole nitrogens is 1. The van der Waals surface area contributed by atoms with Gasteiger partial charge < -0.3 is 23.5 Å². The molecule has 0 unspecified atom stereocenters. The summed E-state index contributed by atoms with van der Waals surface area (Å²) in [6.07, 6.45) is 1.63. The van der Waals surface area contributed by atoms with Gasteiger partial charge in [-0.05, 0) is 43.9 Å². The number of aromatic amines is 1. The fraction of sp³-hybridized carbons (Fsp3) is 0.429. The second-order valence-corrected chi connectivity index (χ2v) is 9.07. The van der Waals surface area contributed by atoms with Gasteiger partial charge in [0.25, 0.3) is 5.56 Å². The zero-order chi connectivity index (χ0) is 26.9. The van der Waals surface area contributed by atoms with Crippen molar-refractivity contribution in [1.29, 1.82) is 0 Å². The molecule has 0 aromatic heterocycles. The smallest absolute Gasteiger partial charge is 0.349 e. The van der Waals surface area contributed by atoms with Gasteiger partial charge in [-0.1, -0.05) is 29.8 Å². The van der Waals surface area contributed by atoms with Crippen molar-refractivity contribution in [2.24, 2.45) is 0 Å². The summed E-state index contributed by atoms with van der Waals surface area (Å²) >= 11 is 0. The summed E-state index contributed by atoms with van der Waals surface area (Å²) in [6, 6.07) is 12.2. The zero-order valence-corrected chi connectivity index (χ0v) is 22.1. The lowest BCUT2D eigenvalue weighted by atomic mass is 10.1. The number of ether oxygens (including phenoxy) is 4. The van der Waals surface area contributed by atoms with Gasteiger partial charge in [0.15, 0.2) is 11.5 Å². The predicted molar refractivity (Wildman–Crippen MR) is 144 cm³/mol. The third-order valence-electron chi connectivity index (χ3n) is 6.16. The Morgan fingerprint density at radius 1 is 0.895 bits per heavy atom. The average molecular weight is 523 g/mol. The predicted octanol–water partition coefficient (Wildman–Crippen LogP) is 2.89. The number of methoxy groups -OCH3 is 1. The number of benzene rings is 2. The van der Waals surface area contributed by atoms with Gasteiger partial charge in [-0.3, -0.25) is 9.78 Å². The van der Waals surface area contributed by atoms with E-state index in [0.29, 0.717) is 57.5 Å². The average Bonchev–Trinajstić information content (AvgIpc) is 2.89. The lowest BCUT2D eigenvalue weighted by molar-refractivity contribution is 0.0179. The summed E-state index contributed by atoms with van der Waals surface area (Å²) in [6.45, 7) is 7.37. The molecule has 2 aromatic carbocycles. The highest BCUT2D eigenvalue weighted by Gasteiger charge is 2.19. The van der Waals surface area contributed by atoms with Crippen LogP contribution in [0.1, 0.15) is 23.1 Å². The molecule has 38 heavy (non-hydrogen) atoms. The molecule has 0 spiro atoms. The first-order chi connectivity index (χ1) is 18.5. The van der Waals surface area contributed by atoms with Crippen LogP contribution in [0.25, 0.3) is 22.6 Å². The maximum Gasteiger partial charge on any atom is 0.349 e. The lowest BCUT2D eigenvalue weighted by Gasteiger charge is -2.18. The summed E-state index contributed by atoms with van der Waals surface area (Å²) in [4.78, 5) is 35.5. The van der Waals surface area contributed by atoms with Crippen molar-refractivity contribution in [3.63, 3.8) is 0 Å². The van der Waals surface area contributed by atoms with Crippen molar-refractivity contribution in [1.82, 2.24) is 19.5 Å². The first-order valence-corrected chi connectivity index (χ1v) is 12.7. The number of hydrogen-bond donors (Lipinski definition) is 1. The van der Waals surface area contributed by atoms with E-state index in [1.165, 1.54) is 11.1 Å². The third-order valence-corrected chi connectivity index (χ3v) is 6.16. The van der Waals surface area contributed by atoms with Crippen LogP contribution in [0.3, 0.4) is 0 Å². The molecule has 1 N–H and O–H groups in total. The van der Waals surface area contributed by atoms with Crippen LogP contribution in [0.2, 0.25) is 0 Å². The van der Waals surface area contributed by atoms with E-state index in [-0.39, 0.29) is 11.5 Å². The summed E-state index contributed by atoms with van der Waals surface area (Å²) in [5.41, 5.74) is 3.59. The van der Waals surface area contributed by atoms with Crippen LogP contribution in [0.4, 0.5) is 0 Å². The van der Waals surface area contributed by atoms with Gasteiger partial charge in [0.05, 0.1) is 44.1 Å². The number of nitrogens with one attached hydrogen (secondary N) is 1. The molecule has 0 aliphatic carbocycles. The molecule has 0 radical (unpaired) electrons. The number of aromatic nitrogens is 4. The van der Waals surface area contributed by atoms with Crippen molar-refractivity contribution >= 4 is 11.0 Å². The van der Waals surface area contributed by atoms with Crippen molar-refractivity contribution in [3.8, 4) is 17.3 Å². The van der Waals surface area contributed by atoms with Gasteiger partial charge in [-0.15, -0.1) is 0 Å². The third kappa shape index (κ3) is 7.03. The lowest BCUT2D eigenvalue weighted by Crippen LogP contribution is -2.29. The number of rotatable bonds is 14. The SMILES string of the molecule is COCCOCCOCCOc1cc2c(cc1C)nc1c(=O)[nH]c(=O)nc-1n2CCCc1ccc(C)cc1. The molecule has 0 saturated heterocycles. The molecule has 10 nitrogen and oxygen atoms in total. The van der Waals surface area contributed by atoms with Gasteiger partial charge >= 0.3 is 5.69 Å². The van der Waals surface area contributed by atoms with Gasteiger partial charge in [0.2, 0.25) is 0 Å². The van der Waals surface area contributed by atoms with Crippen LogP contribution >= 0.6 is 0 Å². The first-order valence-electron chi connectivity index (χ1n) is 12.7. The quantitative estimate of drug-likeness (QED) is 0.198. The Hall–Kier alpha value is -3.60. The molecule has 2 aliphatic rings. The van der Waals surface area contributed by atoms with E-state index < -0.39 is 11.2 Å². The van der Waals surface area contributed by atoms with E-state index >= 15 is 0 Å². The molecule has 2 aromatic rings. The highest BCUT2D eigenvalue weighted by atomic mass is 16.6. The van der Waals surface area contributed by atoms with E-state index in [2.05, 4.69) is 46.1 Å². The first kappa shape index (κ1) is 27.4. The van der Waals surface area contributed by atoms with Gasteiger partial charge in [-0.25, -0.2) is 9.78 Å². The second-order valence-electron chi connectivity index (χ2n) is 9.07. The minimum Gasteiger partial charge on any atom is -0.491 e. The Balaban J connectivity index is 1.53. The van der Waals surface area contributed by atoms with Crippen LogP contribution in [-0.2, 0) is 27.2 Å². The molecule has 0 fully saturated rings. The molecule has 10 heteroatoms. The standard InChI is InChI=1S/C28H34N4O6/c1-19-6-8-21(9-7-19)5-4-10-32-23-18-24(38-16-15-37-14-13-36-12-11-35-3)20(2)17-22(23)29-25-26(32)30-28(34)31-27(25)33/h6-9,17-18H,4-5,10-16H2,1-3H3,(H,31,33,34). The largest absolute Gasteiger partial charge is 0.491 e. The van der Waals surface area contributed by atoms with Crippen LogP contribution in [0, 0.1) is 13.8 Å². The van der Waals surface area contributed by atoms with Crippen LogP contribution < -0.4 is 16.0 Å². The fourth-order valence-corrected chi connectivity index (χ4v) is 4.18. The van der Waals surface area contributed by atoms with Gasteiger partial charge in [0, 0.05) is 19.7 Å². The summed E-state index contributed by atoms with van der Waals surface area (Å²) in [7, 11) is 1.63. The summed E-state index contributed by atoms with van der Waals surface area (Å²) in [5.74, 6) is 0.944. The topological polar surface area (TPSA) is 118 Å². The molecule has 0 bridgehead atoms. The molecule has 0 saturated carbocycles. The normalized spacial score (nSPS) is 11.4.